The van der Waals surface area contributed by atoms with Gasteiger partial charge < -0.3 is 20.3 Å². The lowest BCUT2D eigenvalue weighted by Gasteiger charge is -2.20. The number of esters is 1. The molecule has 142 valence electrons. The zero-order valence-electron chi connectivity index (χ0n) is 14.7. The molecule has 1 aromatic rings. The highest BCUT2D eigenvalue weighted by Gasteiger charge is 2.17. The van der Waals surface area contributed by atoms with E-state index in [9.17, 15) is 19.2 Å². The predicted octanol–water partition coefficient (Wildman–Crippen LogP) is 0.598. The molecule has 0 saturated heterocycles. The monoisotopic (exact) mass is 383 g/mol. The van der Waals surface area contributed by atoms with E-state index >= 15 is 0 Å². The predicted molar refractivity (Wildman–Crippen MR) is 95.7 cm³/mol. The highest BCUT2D eigenvalue weighted by molar-refractivity contribution is 6.30. The van der Waals surface area contributed by atoms with Gasteiger partial charge in [-0.1, -0.05) is 11.6 Å². The molecule has 0 bridgehead atoms. The zero-order valence-corrected chi connectivity index (χ0v) is 15.5. The number of amides is 3. The lowest BCUT2D eigenvalue weighted by molar-refractivity contribution is -0.151. The Bertz CT molecular complexity index is 648. The summed E-state index contributed by atoms with van der Waals surface area (Å²) >= 11 is 5.73. The van der Waals surface area contributed by atoms with E-state index in [-0.39, 0.29) is 19.0 Å². The maximum atomic E-state index is 12.0. The first-order valence-electron chi connectivity index (χ1n) is 8.11. The van der Waals surface area contributed by atoms with Crippen LogP contribution < -0.4 is 10.6 Å². The average molecular weight is 384 g/mol. The molecule has 0 aromatic heterocycles. The molecule has 0 aliphatic carbocycles. The number of hydrogen-bond donors (Lipinski definition) is 2. The van der Waals surface area contributed by atoms with Gasteiger partial charge in [0, 0.05) is 23.7 Å². The third-order valence-electron chi connectivity index (χ3n) is 3.30. The quantitative estimate of drug-likeness (QED) is 0.607. The van der Waals surface area contributed by atoms with E-state index in [0.29, 0.717) is 23.7 Å². The molecule has 26 heavy (non-hydrogen) atoms. The number of halogens is 1. The van der Waals surface area contributed by atoms with Crippen molar-refractivity contribution in [1.29, 1.82) is 0 Å². The van der Waals surface area contributed by atoms with Crippen molar-refractivity contribution in [3.05, 3.63) is 34.9 Å². The van der Waals surface area contributed by atoms with Crippen LogP contribution >= 0.6 is 11.6 Å². The number of rotatable bonds is 9. The second kappa shape index (κ2) is 11.1. The van der Waals surface area contributed by atoms with Crippen LogP contribution in [0.3, 0.4) is 0 Å². The summed E-state index contributed by atoms with van der Waals surface area (Å²) in [6.07, 6.45) is 0. The number of ether oxygens (including phenoxy) is 1. The summed E-state index contributed by atoms with van der Waals surface area (Å²) in [6.45, 7) is 3.28. The Balaban J connectivity index is 2.38. The standard InChI is InChI=1S/C17H22ClN3O5/c1-3-19-14(22)10-21(4-2)15(23)11-26-16(24)9-20-17(25)12-5-7-13(18)8-6-12/h5-8H,3-4,9-11H2,1-2H3,(H,19,22)(H,20,25). The first-order chi connectivity index (χ1) is 12.4. The number of nitrogens with zero attached hydrogens (tertiary/aromatic N) is 1. The van der Waals surface area contributed by atoms with Crippen LogP contribution in [0.5, 0.6) is 0 Å². The van der Waals surface area contributed by atoms with E-state index in [0.717, 1.165) is 0 Å². The summed E-state index contributed by atoms with van der Waals surface area (Å²) in [5, 5.41) is 5.47. The number of hydrogen-bond acceptors (Lipinski definition) is 5. The molecule has 1 aromatic carbocycles. The third kappa shape index (κ3) is 7.52. The molecular formula is C17H22ClN3O5. The summed E-state index contributed by atoms with van der Waals surface area (Å²) in [5.74, 6) is -1.99. The summed E-state index contributed by atoms with van der Waals surface area (Å²) in [5.41, 5.74) is 0.345. The minimum Gasteiger partial charge on any atom is -0.454 e. The molecule has 0 spiro atoms. The summed E-state index contributed by atoms with van der Waals surface area (Å²) < 4.78 is 4.84. The van der Waals surface area contributed by atoms with Gasteiger partial charge in [0.05, 0.1) is 6.54 Å². The molecule has 3 amide bonds. The van der Waals surface area contributed by atoms with Crippen molar-refractivity contribution in [3.63, 3.8) is 0 Å². The number of carbonyl (C=O) groups is 4. The zero-order chi connectivity index (χ0) is 19.5. The maximum Gasteiger partial charge on any atom is 0.325 e. The highest BCUT2D eigenvalue weighted by Crippen LogP contribution is 2.09. The first kappa shape index (κ1) is 21.4. The molecule has 0 aliphatic rings. The molecule has 0 atom stereocenters. The van der Waals surface area contributed by atoms with Gasteiger partial charge in [-0.25, -0.2) is 0 Å². The van der Waals surface area contributed by atoms with E-state index in [1.165, 1.54) is 17.0 Å². The largest absolute Gasteiger partial charge is 0.454 e. The number of likely N-dealkylation sites (N-methyl/N-ethyl adjacent to an activating group) is 2. The minimum atomic E-state index is -0.755. The molecule has 8 nitrogen and oxygen atoms in total. The van der Waals surface area contributed by atoms with Crippen molar-refractivity contribution >= 4 is 35.3 Å². The lowest BCUT2D eigenvalue weighted by atomic mass is 10.2. The molecule has 0 unspecified atom stereocenters. The first-order valence-corrected chi connectivity index (χ1v) is 8.49. The summed E-state index contributed by atoms with van der Waals surface area (Å²) in [7, 11) is 0. The van der Waals surface area contributed by atoms with Gasteiger partial charge in [-0.2, -0.15) is 0 Å². The second-order valence-corrected chi connectivity index (χ2v) is 5.65. The Labute approximate surface area is 156 Å². The van der Waals surface area contributed by atoms with Crippen molar-refractivity contribution in [1.82, 2.24) is 15.5 Å². The van der Waals surface area contributed by atoms with Crippen molar-refractivity contribution in [2.24, 2.45) is 0 Å². The third-order valence-corrected chi connectivity index (χ3v) is 3.55. The van der Waals surface area contributed by atoms with Gasteiger partial charge in [0.2, 0.25) is 5.91 Å². The minimum absolute atomic E-state index is 0.103. The topological polar surface area (TPSA) is 105 Å². The fourth-order valence-corrected chi connectivity index (χ4v) is 2.07. The van der Waals surface area contributed by atoms with Crippen LogP contribution in [-0.4, -0.2) is 61.4 Å². The van der Waals surface area contributed by atoms with Crippen LogP contribution in [-0.2, 0) is 19.1 Å². The van der Waals surface area contributed by atoms with Gasteiger partial charge in [-0.15, -0.1) is 0 Å². The van der Waals surface area contributed by atoms with Gasteiger partial charge >= 0.3 is 5.97 Å². The normalized spacial score (nSPS) is 9.96. The SMILES string of the molecule is CCNC(=O)CN(CC)C(=O)COC(=O)CNC(=O)c1ccc(Cl)cc1. The van der Waals surface area contributed by atoms with Crippen molar-refractivity contribution in [2.45, 2.75) is 13.8 Å². The van der Waals surface area contributed by atoms with Crippen molar-refractivity contribution < 1.29 is 23.9 Å². The van der Waals surface area contributed by atoms with Crippen LogP contribution in [0.25, 0.3) is 0 Å². The maximum absolute atomic E-state index is 12.0. The molecule has 0 saturated carbocycles. The smallest absolute Gasteiger partial charge is 0.325 e. The Morgan fingerprint density at radius 2 is 1.73 bits per heavy atom. The Morgan fingerprint density at radius 1 is 1.08 bits per heavy atom. The molecule has 9 heteroatoms. The molecule has 0 fully saturated rings. The van der Waals surface area contributed by atoms with Crippen LogP contribution in [0.15, 0.2) is 24.3 Å². The van der Waals surface area contributed by atoms with Crippen LogP contribution in [0.2, 0.25) is 5.02 Å². The van der Waals surface area contributed by atoms with E-state index in [4.69, 9.17) is 16.3 Å². The van der Waals surface area contributed by atoms with Gasteiger partial charge in [0.15, 0.2) is 6.61 Å². The van der Waals surface area contributed by atoms with Crippen molar-refractivity contribution in [2.75, 3.05) is 32.8 Å². The van der Waals surface area contributed by atoms with E-state index in [2.05, 4.69) is 10.6 Å². The number of benzene rings is 1. The van der Waals surface area contributed by atoms with Crippen LogP contribution in [0, 0.1) is 0 Å². The van der Waals surface area contributed by atoms with E-state index in [1.807, 2.05) is 0 Å². The molecular weight excluding hydrogens is 362 g/mol. The van der Waals surface area contributed by atoms with Crippen LogP contribution in [0.4, 0.5) is 0 Å². The average Bonchev–Trinajstić information content (AvgIpc) is 2.62. The Hall–Kier alpha value is -2.61. The summed E-state index contributed by atoms with van der Waals surface area (Å²) in [4.78, 5) is 48.3. The molecule has 2 N–H and O–H groups in total. The fraction of sp³-hybridized carbons (Fsp3) is 0.412. The number of nitrogens with one attached hydrogen (secondary N) is 2. The molecule has 1 rings (SSSR count). The van der Waals surface area contributed by atoms with Gasteiger partial charge in [-0.05, 0) is 38.1 Å². The van der Waals surface area contributed by atoms with Gasteiger partial charge in [0.25, 0.3) is 11.8 Å². The van der Waals surface area contributed by atoms with E-state index < -0.39 is 24.4 Å². The lowest BCUT2D eigenvalue weighted by Crippen LogP contribution is -2.42. The molecule has 0 heterocycles. The van der Waals surface area contributed by atoms with Gasteiger partial charge in [-0.3, -0.25) is 19.2 Å². The van der Waals surface area contributed by atoms with Crippen molar-refractivity contribution in [3.8, 4) is 0 Å². The second-order valence-electron chi connectivity index (χ2n) is 5.21. The number of carbonyl (C=O) groups excluding carboxylic acids is 4. The fourth-order valence-electron chi connectivity index (χ4n) is 1.94. The molecule has 0 radical (unpaired) electrons. The summed E-state index contributed by atoms with van der Waals surface area (Å²) in [6, 6.07) is 6.16. The molecule has 0 aliphatic heterocycles. The Morgan fingerprint density at radius 3 is 2.31 bits per heavy atom. The Kier molecular flexibility index (Phi) is 9.14. The highest BCUT2D eigenvalue weighted by atomic mass is 35.5. The van der Waals surface area contributed by atoms with E-state index in [1.54, 1.807) is 26.0 Å². The van der Waals surface area contributed by atoms with Crippen LogP contribution in [0.1, 0.15) is 24.2 Å². The van der Waals surface area contributed by atoms with Gasteiger partial charge in [0.1, 0.15) is 6.54 Å².